The molecule has 178 valence electrons. The zero-order chi connectivity index (χ0) is 22.3. The van der Waals surface area contributed by atoms with E-state index in [1.54, 1.807) is 0 Å². The Labute approximate surface area is 188 Å². The van der Waals surface area contributed by atoms with Gasteiger partial charge < -0.3 is 10.1 Å². The maximum atomic E-state index is 12.3. The third-order valence-electron chi connectivity index (χ3n) is 6.54. The minimum Gasteiger partial charge on any atom is -0.459 e. The van der Waals surface area contributed by atoms with Gasteiger partial charge in [0.05, 0.1) is 0 Å². The Balaban J connectivity index is 1.93. The van der Waals surface area contributed by atoms with Gasteiger partial charge in [0.1, 0.15) is 5.60 Å². The van der Waals surface area contributed by atoms with E-state index in [4.69, 9.17) is 4.74 Å². The van der Waals surface area contributed by atoms with Crippen molar-refractivity contribution in [3.05, 3.63) is 0 Å². The number of piperidine rings is 1. The molecule has 1 heterocycles. The van der Waals surface area contributed by atoms with E-state index in [0.717, 1.165) is 25.7 Å². The van der Waals surface area contributed by atoms with Crippen LogP contribution >= 0.6 is 0 Å². The highest BCUT2D eigenvalue weighted by molar-refractivity contribution is 5.69. The molecule has 3 heteroatoms. The summed E-state index contributed by atoms with van der Waals surface area (Å²) in [5, 5.41) is 3.59. The van der Waals surface area contributed by atoms with Gasteiger partial charge in [0, 0.05) is 30.8 Å². The second kappa shape index (κ2) is 15.3. The molecule has 1 aliphatic rings. The van der Waals surface area contributed by atoms with Crippen LogP contribution in [0.2, 0.25) is 0 Å². The summed E-state index contributed by atoms with van der Waals surface area (Å²) in [6, 6.07) is 0.386. The predicted octanol–water partition coefficient (Wildman–Crippen LogP) is 8.10. The lowest BCUT2D eigenvalue weighted by Crippen LogP contribution is -2.58. The monoisotopic (exact) mass is 423 g/mol. The molecule has 0 aromatic heterocycles. The molecule has 3 nitrogen and oxygen atoms in total. The average Bonchev–Trinajstić information content (AvgIpc) is 2.62. The minimum atomic E-state index is -0.319. The first kappa shape index (κ1) is 27.5. The van der Waals surface area contributed by atoms with Crippen molar-refractivity contribution >= 4 is 5.97 Å². The molecular weight excluding hydrogens is 370 g/mol. The highest BCUT2D eigenvalue weighted by atomic mass is 16.6. The Morgan fingerprint density at radius 1 is 0.800 bits per heavy atom. The number of rotatable bonds is 17. The smallest absolute Gasteiger partial charge is 0.306 e. The average molecular weight is 424 g/mol. The lowest BCUT2D eigenvalue weighted by Gasteiger charge is -2.46. The molecule has 1 saturated heterocycles. The van der Waals surface area contributed by atoms with Gasteiger partial charge in [-0.05, 0) is 34.1 Å². The molecule has 0 aromatic carbocycles. The lowest BCUT2D eigenvalue weighted by atomic mass is 9.79. The highest BCUT2D eigenvalue weighted by Gasteiger charge is 2.41. The summed E-state index contributed by atoms with van der Waals surface area (Å²) in [6.45, 7) is 11.0. The van der Waals surface area contributed by atoms with Gasteiger partial charge in [0.15, 0.2) is 0 Å². The van der Waals surface area contributed by atoms with Crippen LogP contribution < -0.4 is 5.32 Å². The third kappa shape index (κ3) is 13.7. The topological polar surface area (TPSA) is 38.3 Å². The number of carbonyl (C=O) groups is 1. The molecule has 1 aliphatic heterocycles. The fourth-order valence-corrected chi connectivity index (χ4v) is 5.47. The van der Waals surface area contributed by atoms with E-state index in [2.05, 4.69) is 39.9 Å². The van der Waals surface area contributed by atoms with Crippen LogP contribution in [-0.2, 0) is 9.53 Å². The Bertz CT molecular complexity index is 448. The van der Waals surface area contributed by atoms with Crippen molar-refractivity contribution in [2.24, 2.45) is 0 Å². The van der Waals surface area contributed by atoms with Crippen LogP contribution in [0.5, 0.6) is 0 Å². The Kier molecular flexibility index (Phi) is 14.0. The van der Waals surface area contributed by atoms with Crippen molar-refractivity contribution in [3.63, 3.8) is 0 Å². The summed E-state index contributed by atoms with van der Waals surface area (Å²) >= 11 is 0. The molecule has 30 heavy (non-hydrogen) atoms. The first-order valence-corrected chi connectivity index (χ1v) is 13.3. The first-order chi connectivity index (χ1) is 14.3. The third-order valence-corrected chi connectivity index (χ3v) is 6.54. The number of ether oxygens (including phenoxy) is 1. The van der Waals surface area contributed by atoms with Crippen molar-refractivity contribution in [2.75, 3.05) is 0 Å². The highest BCUT2D eigenvalue weighted by Crippen LogP contribution is 2.34. The first-order valence-electron chi connectivity index (χ1n) is 13.3. The van der Waals surface area contributed by atoms with E-state index in [9.17, 15) is 4.79 Å². The van der Waals surface area contributed by atoms with E-state index in [-0.39, 0.29) is 17.1 Å². The molecule has 0 amide bonds. The minimum absolute atomic E-state index is 0.00269. The van der Waals surface area contributed by atoms with Crippen LogP contribution in [0.15, 0.2) is 0 Å². The molecule has 1 fully saturated rings. The second-order valence-corrected chi connectivity index (χ2v) is 10.9. The van der Waals surface area contributed by atoms with Crippen LogP contribution in [0.4, 0.5) is 0 Å². The number of esters is 1. The molecule has 0 aliphatic carbocycles. The fourth-order valence-electron chi connectivity index (χ4n) is 5.47. The summed E-state index contributed by atoms with van der Waals surface area (Å²) in [5.41, 5.74) is -0.290. The second-order valence-electron chi connectivity index (χ2n) is 10.9. The Morgan fingerprint density at radius 2 is 1.23 bits per heavy atom. The molecule has 1 rings (SSSR count). The number of nitrogens with one attached hydrogen (secondary N) is 1. The van der Waals surface area contributed by atoms with Gasteiger partial charge in [-0.2, -0.15) is 0 Å². The summed E-state index contributed by atoms with van der Waals surface area (Å²) in [4.78, 5) is 12.3. The zero-order valence-corrected chi connectivity index (χ0v) is 21.1. The molecular formula is C27H53NO2. The van der Waals surface area contributed by atoms with Crippen LogP contribution in [0, 0.1) is 0 Å². The molecule has 1 N–H and O–H groups in total. The van der Waals surface area contributed by atoms with E-state index in [1.807, 2.05) is 0 Å². The fraction of sp³-hybridized carbons (Fsp3) is 0.963. The number of carbonyl (C=O) groups excluding carboxylic acids is 1. The number of unbranched alkanes of at least 4 members (excludes halogenated alkanes) is 14. The van der Waals surface area contributed by atoms with Crippen LogP contribution in [-0.4, -0.2) is 23.2 Å². The van der Waals surface area contributed by atoms with Gasteiger partial charge in [-0.15, -0.1) is 0 Å². The van der Waals surface area contributed by atoms with Crippen molar-refractivity contribution in [2.45, 2.75) is 167 Å². The van der Waals surface area contributed by atoms with Crippen molar-refractivity contribution in [1.82, 2.24) is 5.32 Å². The van der Waals surface area contributed by atoms with E-state index >= 15 is 0 Å². The van der Waals surface area contributed by atoms with Gasteiger partial charge >= 0.3 is 5.97 Å². The van der Waals surface area contributed by atoms with Gasteiger partial charge in [0.2, 0.25) is 0 Å². The van der Waals surface area contributed by atoms with Gasteiger partial charge in [0.25, 0.3) is 0 Å². The van der Waals surface area contributed by atoms with Crippen molar-refractivity contribution < 1.29 is 9.53 Å². The van der Waals surface area contributed by atoms with Crippen molar-refractivity contribution in [1.29, 1.82) is 0 Å². The van der Waals surface area contributed by atoms with Crippen LogP contribution in [0.1, 0.15) is 150 Å². The quantitative estimate of drug-likeness (QED) is 0.190. The lowest BCUT2D eigenvalue weighted by molar-refractivity contribution is -0.164. The molecule has 0 aromatic rings. The summed E-state index contributed by atoms with van der Waals surface area (Å²) in [5.74, 6) is -0.00269. The maximum Gasteiger partial charge on any atom is 0.306 e. The molecule has 2 atom stereocenters. The molecule has 2 unspecified atom stereocenters. The molecule has 0 spiro atoms. The summed E-state index contributed by atoms with van der Waals surface area (Å²) in [7, 11) is 0. The number of hydrogen-bond acceptors (Lipinski definition) is 3. The van der Waals surface area contributed by atoms with Gasteiger partial charge in [-0.25, -0.2) is 0 Å². The summed E-state index contributed by atoms with van der Waals surface area (Å²) in [6.07, 6.45) is 22.6. The van der Waals surface area contributed by atoms with Crippen LogP contribution in [0.3, 0.4) is 0 Å². The Hall–Kier alpha value is -0.570. The van der Waals surface area contributed by atoms with Crippen LogP contribution in [0.25, 0.3) is 0 Å². The van der Waals surface area contributed by atoms with Crippen molar-refractivity contribution in [3.8, 4) is 0 Å². The van der Waals surface area contributed by atoms with Gasteiger partial charge in [-0.3, -0.25) is 4.79 Å². The SMILES string of the molecule is CCCCCCCCCCCCCCCCCC(=O)OC1(C)CC(C)NC(C)(C)C1. The van der Waals surface area contributed by atoms with E-state index in [1.165, 1.54) is 83.5 Å². The molecule has 0 saturated carbocycles. The maximum absolute atomic E-state index is 12.3. The van der Waals surface area contributed by atoms with Gasteiger partial charge in [-0.1, -0.05) is 96.8 Å². The molecule has 0 bridgehead atoms. The predicted molar refractivity (Wildman–Crippen MR) is 130 cm³/mol. The standard InChI is InChI=1S/C27H53NO2/c1-6-7-8-9-10-11-12-13-14-15-16-17-18-19-20-21-25(29)30-27(5)22-24(2)28-26(3,4)23-27/h24,28H,6-23H2,1-5H3. The van der Waals surface area contributed by atoms with E-state index in [0.29, 0.717) is 12.5 Å². The normalized spacial score (nSPS) is 23.4. The zero-order valence-electron chi connectivity index (χ0n) is 21.1. The molecule has 0 radical (unpaired) electrons. The largest absolute Gasteiger partial charge is 0.459 e. The number of hydrogen-bond donors (Lipinski definition) is 1. The Morgan fingerprint density at radius 3 is 1.67 bits per heavy atom. The summed E-state index contributed by atoms with van der Waals surface area (Å²) < 4.78 is 5.93. The van der Waals surface area contributed by atoms with E-state index < -0.39 is 0 Å².